The molecular formula is C12H14N2O2S. The number of nitrogens with zero attached hydrogens (tertiary/aromatic N) is 2. The lowest BCUT2D eigenvalue weighted by Gasteiger charge is -2.06. The van der Waals surface area contributed by atoms with Gasteiger partial charge in [0, 0.05) is 19.0 Å². The molecule has 2 heterocycles. The maximum Gasteiger partial charge on any atom is 0.367 e. The Labute approximate surface area is 104 Å². The Balaban J connectivity index is 2.28. The van der Waals surface area contributed by atoms with Crippen molar-refractivity contribution in [3.63, 3.8) is 0 Å². The van der Waals surface area contributed by atoms with Crippen molar-refractivity contribution < 1.29 is 9.63 Å². The van der Waals surface area contributed by atoms with E-state index < -0.39 is 0 Å². The molecule has 0 radical (unpaired) electrons. The number of anilines is 1. The van der Waals surface area contributed by atoms with Crippen LogP contribution in [0, 0.1) is 0 Å². The first-order valence-corrected chi connectivity index (χ1v) is 6.21. The molecule has 0 saturated carbocycles. The summed E-state index contributed by atoms with van der Waals surface area (Å²) in [7, 11) is 3.98. The van der Waals surface area contributed by atoms with Gasteiger partial charge in [-0.15, -0.1) is 11.3 Å². The fourth-order valence-electron chi connectivity index (χ4n) is 1.51. The SMILES string of the molecule is CCC1=NOC(=O)C1=Cc1ccc(N(C)C)s1. The molecule has 0 fully saturated rings. The molecule has 0 amide bonds. The van der Waals surface area contributed by atoms with Crippen LogP contribution in [-0.2, 0) is 9.63 Å². The first kappa shape index (κ1) is 11.9. The van der Waals surface area contributed by atoms with Gasteiger partial charge in [0.2, 0.25) is 0 Å². The Morgan fingerprint density at radius 1 is 1.47 bits per heavy atom. The van der Waals surface area contributed by atoms with Gasteiger partial charge in [0.05, 0.1) is 16.3 Å². The van der Waals surface area contributed by atoms with Crippen LogP contribution in [0.1, 0.15) is 18.2 Å². The summed E-state index contributed by atoms with van der Waals surface area (Å²) >= 11 is 1.63. The smallest absolute Gasteiger partial charge is 0.367 e. The summed E-state index contributed by atoms with van der Waals surface area (Å²) in [6, 6.07) is 4.02. The number of thiophene rings is 1. The molecule has 0 aromatic carbocycles. The van der Waals surface area contributed by atoms with Crippen LogP contribution in [-0.4, -0.2) is 25.8 Å². The zero-order valence-electron chi connectivity index (χ0n) is 10.1. The van der Waals surface area contributed by atoms with Crippen molar-refractivity contribution in [1.29, 1.82) is 0 Å². The van der Waals surface area contributed by atoms with E-state index >= 15 is 0 Å². The molecule has 5 heteroatoms. The number of hydrogen-bond donors (Lipinski definition) is 0. The van der Waals surface area contributed by atoms with Crippen molar-refractivity contribution in [2.24, 2.45) is 5.16 Å². The lowest BCUT2D eigenvalue weighted by molar-refractivity contribution is -0.136. The van der Waals surface area contributed by atoms with E-state index in [-0.39, 0.29) is 5.97 Å². The van der Waals surface area contributed by atoms with E-state index in [4.69, 9.17) is 0 Å². The molecule has 90 valence electrons. The third-order valence-corrected chi connectivity index (χ3v) is 3.64. The first-order valence-electron chi connectivity index (χ1n) is 5.39. The van der Waals surface area contributed by atoms with E-state index in [0.29, 0.717) is 12.0 Å². The van der Waals surface area contributed by atoms with E-state index in [0.717, 1.165) is 15.6 Å². The third kappa shape index (κ3) is 2.39. The average Bonchev–Trinajstić information content (AvgIpc) is 2.88. The predicted octanol–water partition coefficient (Wildman–Crippen LogP) is 2.52. The number of hydrogen-bond acceptors (Lipinski definition) is 5. The van der Waals surface area contributed by atoms with Crippen molar-refractivity contribution in [3.05, 3.63) is 22.6 Å². The molecule has 0 atom stereocenters. The molecule has 0 unspecified atom stereocenters. The second-order valence-corrected chi connectivity index (χ2v) is 4.99. The summed E-state index contributed by atoms with van der Waals surface area (Å²) in [4.78, 5) is 19.2. The van der Waals surface area contributed by atoms with Gasteiger partial charge in [-0.1, -0.05) is 12.1 Å². The number of rotatable bonds is 3. The van der Waals surface area contributed by atoms with Gasteiger partial charge in [-0.2, -0.15) is 0 Å². The van der Waals surface area contributed by atoms with Crippen LogP contribution < -0.4 is 4.90 Å². The molecule has 0 spiro atoms. The predicted molar refractivity (Wildman–Crippen MR) is 70.4 cm³/mol. The Kier molecular flexibility index (Phi) is 3.28. The molecule has 1 aliphatic rings. The third-order valence-electron chi connectivity index (χ3n) is 2.44. The van der Waals surface area contributed by atoms with Crippen molar-refractivity contribution >= 4 is 34.1 Å². The molecule has 4 nitrogen and oxygen atoms in total. The van der Waals surface area contributed by atoms with Crippen LogP contribution in [0.5, 0.6) is 0 Å². The molecule has 1 aromatic rings. The average molecular weight is 250 g/mol. The molecule has 0 N–H and O–H groups in total. The lowest BCUT2D eigenvalue weighted by atomic mass is 10.1. The molecule has 0 bridgehead atoms. The molecule has 17 heavy (non-hydrogen) atoms. The summed E-state index contributed by atoms with van der Waals surface area (Å²) in [5.74, 6) is -0.360. The van der Waals surface area contributed by atoms with Crippen molar-refractivity contribution in [1.82, 2.24) is 0 Å². The number of carbonyl (C=O) groups is 1. The fraction of sp³-hybridized carbons (Fsp3) is 0.333. The molecule has 2 rings (SSSR count). The monoisotopic (exact) mass is 250 g/mol. The standard InChI is InChI=1S/C12H14N2O2S/c1-4-10-9(12(15)16-13-10)7-8-5-6-11(17-8)14(2)3/h5-7H,4H2,1-3H3. The van der Waals surface area contributed by atoms with E-state index in [2.05, 4.69) is 9.99 Å². The fourth-order valence-corrected chi connectivity index (χ4v) is 2.39. The van der Waals surface area contributed by atoms with Crippen molar-refractivity contribution in [3.8, 4) is 0 Å². The maximum atomic E-state index is 11.5. The van der Waals surface area contributed by atoms with Crippen LogP contribution in [0.15, 0.2) is 22.9 Å². The van der Waals surface area contributed by atoms with E-state index in [1.165, 1.54) is 0 Å². The Morgan fingerprint density at radius 2 is 2.24 bits per heavy atom. The minimum Gasteiger partial charge on any atom is -0.370 e. The molecule has 1 aliphatic heterocycles. The van der Waals surface area contributed by atoms with Crippen molar-refractivity contribution in [2.75, 3.05) is 19.0 Å². The summed E-state index contributed by atoms with van der Waals surface area (Å²) in [5, 5.41) is 4.90. The van der Waals surface area contributed by atoms with Gasteiger partial charge >= 0.3 is 5.97 Å². The van der Waals surface area contributed by atoms with Crippen LogP contribution in [0.2, 0.25) is 0 Å². The van der Waals surface area contributed by atoms with Crippen LogP contribution >= 0.6 is 11.3 Å². The highest BCUT2D eigenvalue weighted by molar-refractivity contribution is 7.17. The highest BCUT2D eigenvalue weighted by Crippen LogP contribution is 2.27. The summed E-state index contributed by atoms with van der Waals surface area (Å²) in [6.07, 6.45) is 2.54. The van der Waals surface area contributed by atoms with Gasteiger partial charge in [0.1, 0.15) is 0 Å². The van der Waals surface area contributed by atoms with Gasteiger partial charge < -0.3 is 9.74 Å². The highest BCUT2D eigenvalue weighted by Gasteiger charge is 2.24. The van der Waals surface area contributed by atoms with Crippen LogP contribution in [0.25, 0.3) is 6.08 Å². The largest absolute Gasteiger partial charge is 0.370 e. The van der Waals surface area contributed by atoms with Gasteiger partial charge in [0.15, 0.2) is 0 Å². The maximum absolute atomic E-state index is 11.5. The van der Waals surface area contributed by atoms with Gasteiger partial charge in [-0.25, -0.2) is 4.79 Å². The Hall–Kier alpha value is -1.62. The highest BCUT2D eigenvalue weighted by atomic mass is 32.1. The molecule has 1 aromatic heterocycles. The molecule has 0 aliphatic carbocycles. The molecular weight excluding hydrogens is 236 g/mol. The minimum atomic E-state index is -0.360. The van der Waals surface area contributed by atoms with Crippen LogP contribution in [0.3, 0.4) is 0 Å². The van der Waals surface area contributed by atoms with Crippen molar-refractivity contribution in [2.45, 2.75) is 13.3 Å². The summed E-state index contributed by atoms with van der Waals surface area (Å²) in [5.41, 5.74) is 1.29. The summed E-state index contributed by atoms with van der Waals surface area (Å²) in [6.45, 7) is 1.95. The lowest BCUT2D eigenvalue weighted by Crippen LogP contribution is -2.05. The molecule has 0 saturated heterocycles. The zero-order valence-corrected chi connectivity index (χ0v) is 10.9. The second-order valence-electron chi connectivity index (χ2n) is 3.90. The quantitative estimate of drug-likeness (QED) is 0.611. The van der Waals surface area contributed by atoms with Gasteiger partial charge in [-0.3, -0.25) is 0 Å². The van der Waals surface area contributed by atoms with E-state index in [9.17, 15) is 4.79 Å². The zero-order chi connectivity index (χ0) is 12.4. The normalized spacial score (nSPS) is 17.2. The second kappa shape index (κ2) is 4.71. The Morgan fingerprint density at radius 3 is 2.82 bits per heavy atom. The van der Waals surface area contributed by atoms with E-state index in [1.54, 1.807) is 11.3 Å². The minimum absolute atomic E-state index is 0.360. The number of carbonyl (C=O) groups excluding carboxylic acids is 1. The van der Waals surface area contributed by atoms with E-state index in [1.807, 2.05) is 44.1 Å². The Bertz CT molecular complexity index is 500. The summed E-state index contributed by atoms with van der Waals surface area (Å²) < 4.78 is 0. The first-order chi connectivity index (χ1) is 8.11. The van der Waals surface area contributed by atoms with Gasteiger partial charge in [0.25, 0.3) is 0 Å². The van der Waals surface area contributed by atoms with Crippen LogP contribution in [0.4, 0.5) is 5.00 Å². The number of oxime groups is 1. The van der Waals surface area contributed by atoms with Gasteiger partial charge in [-0.05, 0) is 24.6 Å². The topological polar surface area (TPSA) is 41.9 Å².